The molecule has 1 saturated carbocycles. The zero-order valence-corrected chi connectivity index (χ0v) is 14.6. The van der Waals surface area contributed by atoms with Gasteiger partial charge in [0.2, 0.25) is 0 Å². The van der Waals surface area contributed by atoms with Crippen LogP contribution in [0.2, 0.25) is 0 Å². The highest BCUT2D eigenvalue weighted by molar-refractivity contribution is 5.25. The average molecular weight is 306 g/mol. The predicted molar refractivity (Wildman–Crippen MR) is 96.2 cm³/mol. The van der Waals surface area contributed by atoms with Crippen LogP contribution < -0.4 is 10.6 Å². The third-order valence-electron chi connectivity index (χ3n) is 4.43. The first-order chi connectivity index (χ1) is 10.7. The topological polar surface area (TPSA) is 44.3 Å². The molecular weight excluding hydrogens is 272 g/mol. The Hall–Kier alpha value is -1.06. The Bertz CT molecular complexity index is 381. The highest BCUT2D eigenvalue weighted by Gasteiger charge is 2.23. The van der Waals surface area contributed by atoms with Crippen LogP contribution in [-0.4, -0.2) is 30.8 Å². The lowest BCUT2D eigenvalue weighted by atomic mass is 9.90. The van der Waals surface area contributed by atoms with E-state index >= 15 is 0 Å². The van der Waals surface area contributed by atoms with Crippen molar-refractivity contribution >= 4 is 0 Å². The standard InChI is InChI=1S/C19H34N2O/c1-4-5-6-7-8-9-12-17(16(2)22)15-21-19-14-11-10-13-18(19)20-3/h7-9,12,18-22H,4-6,10-11,13-15H2,1-3H3/b8-7+,12-9-,17-16-/t18-,19?/m0/s1. The summed E-state index contributed by atoms with van der Waals surface area (Å²) < 4.78 is 0. The van der Waals surface area contributed by atoms with Gasteiger partial charge < -0.3 is 15.7 Å². The molecule has 1 unspecified atom stereocenters. The third-order valence-corrected chi connectivity index (χ3v) is 4.43. The number of allylic oxidation sites excluding steroid dienone is 4. The first kappa shape index (κ1) is 19.0. The molecule has 0 spiro atoms. The summed E-state index contributed by atoms with van der Waals surface area (Å²) in [5.74, 6) is 0.405. The van der Waals surface area contributed by atoms with Gasteiger partial charge in [0.1, 0.15) is 0 Å². The molecule has 0 amide bonds. The quantitative estimate of drug-likeness (QED) is 0.339. The molecule has 0 saturated heterocycles. The van der Waals surface area contributed by atoms with Gasteiger partial charge >= 0.3 is 0 Å². The molecule has 3 nitrogen and oxygen atoms in total. The lowest BCUT2D eigenvalue weighted by Gasteiger charge is -2.32. The molecule has 126 valence electrons. The number of rotatable bonds is 9. The van der Waals surface area contributed by atoms with E-state index < -0.39 is 0 Å². The molecule has 3 heteroatoms. The zero-order valence-electron chi connectivity index (χ0n) is 14.6. The van der Waals surface area contributed by atoms with Crippen LogP contribution in [0.5, 0.6) is 0 Å². The van der Waals surface area contributed by atoms with E-state index in [2.05, 4.69) is 29.7 Å². The predicted octanol–water partition coefficient (Wildman–Crippen LogP) is 4.24. The van der Waals surface area contributed by atoms with Crippen molar-refractivity contribution in [2.75, 3.05) is 13.6 Å². The van der Waals surface area contributed by atoms with E-state index in [1.165, 1.54) is 38.5 Å². The molecule has 0 bridgehead atoms. The Kier molecular flexibility index (Phi) is 9.93. The van der Waals surface area contributed by atoms with E-state index in [1.54, 1.807) is 6.92 Å². The van der Waals surface area contributed by atoms with E-state index in [1.807, 2.05) is 19.2 Å². The maximum absolute atomic E-state index is 9.85. The van der Waals surface area contributed by atoms with Crippen molar-refractivity contribution in [1.29, 1.82) is 0 Å². The van der Waals surface area contributed by atoms with Gasteiger partial charge in [-0.1, -0.05) is 56.9 Å². The molecule has 1 aliphatic carbocycles. The van der Waals surface area contributed by atoms with Crippen molar-refractivity contribution in [2.24, 2.45) is 0 Å². The van der Waals surface area contributed by atoms with E-state index in [-0.39, 0.29) is 0 Å². The average Bonchev–Trinajstić information content (AvgIpc) is 2.53. The number of hydrogen-bond acceptors (Lipinski definition) is 3. The van der Waals surface area contributed by atoms with Crippen molar-refractivity contribution in [3.63, 3.8) is 0 Å². The number of hydrogen-bond donors (Lipinski definition) is 3. The van der Waals surface area contributed by atoms with Gasteiger partial charge in [0.05, 0.1) is 5.76 Å². The molecule has 1 aliphatic rings. The summed E-state index contributed by atoms with van der Waals surface area (Å²) in [5, 5.41) is 16.9. The molecular formula is C19H34N2O. The molecule has 0 aromatic rings. The summed E-state index contributed by atoms with van der Waals surface area (Å²) in [6.45, 7) is 4.69. The number of unbranched alkanes of at least 4 members (excludes halogenated alkanes) is 2. The SMILES string of the molecule is CCCC/C=C/C=C\C(CNC1CCCC[C@@H]1NC)=C(/C)O. The summed E-state index contributed by atoms with van der Waals surface area (Å²) >= 11 is 0. The Labute approximate surface area is 136 Å². The molecule has 0 heterocycles. The van der Waals surface area contributed by atoms with E-state index in [9.17, 15) is 5.11 Å². The summed E-state index contributed by atoms with van der Waals surface area (Å²) in [6.07, 6.45) is 17.0. The molecule has 0 aromatic heterocycles. The van der Waals surface area contributed by atoms with Crippen molar-refractivity contribution in [3.8, 4) is 0 Å². The molecule has 2 atom stereocenters. The van der Waals surface area contributed by atoms with Crippen LogP contribution in [0.1, 0.15) is 58.8 Å². The Morgan fingerprint density at radius 3 is 2.55 bits per heavy atom. The third kappa shape index (κ3) is 7.28. The first-order valence-electron chi connectivity index (χ1n) is 8.81. The number of aliphatic hydroxyl groups excluding tert-OH is 1. The van der Waals surface area contributed by atoms with Crippen LogP contribution in [0, 0.1) is 0 Å². The van der Waals surface area contributed by atoms with Gasteiger partial charge in [-0.2, -0.15) is 0 Å². The fourth-order valence-electron chi connectivity index (χ4n) is 2.94. The van der Waals surface area contributed by atoms with E-state index in [0.29, 0.717) is 17.8 Å². The molecule has 0 aliphatic heterocycles. The van der Waals surface area contributed by atoms with Crippen LogP contribution in [0.3, 0.4) is 0 Å². The molecule has 3 N–H and O–H groups in total. The van der Waals surface area contributed by atoms with Gasteiger partial charge in [0.15, 0.2) is 0 Å². The summed E-state index contributed by atoms with van der Waals surface area (Å²) in [7, 11) is 2.04. The van der Waals surface area contributed by atoms with Gasteiger partial charge in [0.25, 0.3) is 0 Å². The molecule has 1 rings (SSSR count). The summed E-state index contributed by atoms with van der Waals surface area (Å²) in [4.78, 5) is 0. The minimum absolute atomic E-state index is 0.405. The highest BCUT2D eigenvalue weighted by Crippen LogP contribution is 2.18. The smallest absolute Gasteiger partial charge is 0.0936 e. The summed E-state index contributed by atoms with van der Waals surface area (Å²) in [5.41, 5.74) is 0.973. The minimum atomic E-state index is 0.405. The van der Waals surface area contributed by atoms with Crippen molar-refractivity contribution < 1.29 is 5.11 Å². The van der Waals surface area contributed by atoms with Gasteiger partial charge in [-0.25, -0.2) is 0 Å². The van der Waals surface area contributed by atoms with Gasteiger partial charge in [-0.05, 0) is 33.2 Å². The fraction of sp³-hybridized carbons (Fsp3) is 0.684. The zero-order chi connectivity index (χ0) is 16.2. The second-order valence-electron chi connectivity index (χ2n) is 6.21. The Balaban J connectivity index is 2.46. The van der Waals surface area contributed by atoms with Crippen molar-refractivity contribution in [2.45, 2.75) is 70.9 Å². The first-order valence-corrected chi connectivity index (χ1v) is 8.81. The van der Waals surface area contributed by atoms with E-state index in [0.717, 1.165) is 18.5 Å². The second-order valence-corrected chi connectivity index (χ2v) is 6.21. The Morgan fingerprint density at radius 1 is 1.18 bits per heavy atom. The second kappa shape index (κ2) is 11.5. The van der Waals surface area contributed by atoms with Crippen LogP contribution >= 0.6 is 0 Å². The van der Waals surface area contributed by atoms with Gasteiger partial charge in [-0.15, -0.1) is 0 Å². The summed E-state index contributed by atoms with van der Waals surface area (Å²) in [6, 6.07) is 1.05. The maximum Gasteiger partial charge on any atom is 0.0936 e. The largest absolute Gasteiger partial charge is 0.512 e. The number of likely N-dealkylation sites (N-methyl/N-ethyl adjacent to an activating group) is 1. The lowest BCUT2D eigenvalue weighted by Crippen LogP contribution is -2.49. The molecule has 0 radical (unpaired) electrons. The number of aliphatic hydroxyl groups is 1. The van der Waals surface area contributed by atoms with Gasteiger partial charge in [-0.3, -0.25) is 0 Å². The van der Waals surface area contributed by atoms with Gasteiger partial charge in [0, 0.05) is 24.2 Å². The fourth-order valence-corrected chi connectivity index (χ4v) is 2.94. The normalized spacial score (nSPS) is 24.1. The molecule has 1 fully saturated rings. The monoisotopic (exact) mass is 306 g/mol. The van der Waals surface area contributed by atoms with Crippen LogP contribution in [-0.2, 0) is 0 Å². The lowest BCUT2D eigenvalue weighted by molar-refractivity contribution is 0.300. The van der Waals surface area contributed by atoms with E-state index in [4.69, 9.17) is 0 Å². The van der Waals surface area contributed by atoms with Crippen LogP contribution in [0.4, 0.5) is 0 Å². The molecule has 0 aromatic carbocycles. The van der Waals surface area contributed by atoms with Crippen LogP contribution in [0.15, 0.2) is 35.6 Å². The number of nitrogens with one attached hydrogen (secondary N) is 2. The van der Waals surface area contributed by atoms with Crippen molar-refractivity contribution in [3.05, 3.63) is 35.6 Å². The Morgan fingerprint density at radius 2 is 1.91 bits per heavy atom. The minimum Gasteiger partial charge on any atom is -0.512 e. The van der Waals surface area contributed by atoms with Crippen LogP contribution in [0.25, 0.3) is 0 Å². The molecule has 22 heavy (non-hydrogen) atoms. The highest BCUT2D eigenvalue weighted by atomic mass is 16.3. The van der Waals surface area contributed by atoms with Crippen molar-refractivity contribution in [1.82, 2.24) is 10.6 Å². The maximum atomic E-state index is 9.85.